The molecular formula is C57H77Cl4N5O12S2. The van der Waals surface area contributed by atoms with E-state index in [-0.39, 0.29) is 52.3 Å². The number of urea groups is 1. The van der Waals surface area contributed by atoms with Crippen LogP contribution < -0.4 is 15.4 Å². The van der Waals surface area contributed by atoms with Crippen molar-refractivity contribution in [2.24, 2.45) is 0 Å². The molecule has 80 heavy (non-hydrogen) atoms. The summed E-state index contributed by atoms with van der Waals surface area (Å²) in [6, 6.07) is 21.1. The smallest absolute Gasteiger partial charge is 0.314 e. The second-order valence-electron chi connectivity index (χ2n) is 19.9. The van der Waals surface area contributed by atoms with Gasteiger partial charge in [-0.25, -0.2) is 26.4 Å². The van der Waals surface area contributed by atoms with Gasteiger partial charge in [0.1, 0.15) is 5.78 Å². The van der Waals surface area contributed by atoms with Crippen LogP contribution in [-0.2, 0) is 66.2 Å². The molecule has 2 amide bonds. The van der Waals surface area contributed by atoms with E-state index in [0.717, 1.165) is 78.8 Å². The van der Waals surface area contributed by atoms with Gasteiger partial charge in [-0.3, -0.25) is 4.79 Å². The number of sulfone groups is 1. The van der Waals surface area contributed by atoms with Crippen LogP contribution in [0.2, 0.25) is 20.1 Å². The Morgan fingerprint density at radius 2 is 0.950 bits per heavy atom. The number of amides is 2. The van der Waals surface area contributed by atoms with Crippen molar-refractivity contribution in [3.05, 3.63) is 126 Å². The van der Waals surface area contributed by atoms with Crippen LogP contribution >= 0.6 is 46.4 Å². The molecule has 0 fully saturated rings. The number of benzene rings is 4. The second kappa shape index (κ2) is 34.3. The summed E-state index contributed by atoms with van der Waals surface area (Å²) in [5.41, 5.74) is 6.19. The van der Waals surface area contributed by atoms with Crippen LogP contribution in [0.4, 0.5) is 4.79 Å². The number of Topliss-reactive ketones (excluding diaryl/α,β-unsaturated/α-hetero) is 1. The molecule has 0 aliphatic carbocycles. The number of sulfonamides is 1. The maximum atomic E-state index is 13.0. The first-order valence-electron chi connectivity index (χ1n) is 27.3. The number of ether oxygens (including phenoxy) is 6. The van der Waals surface area contributed by atoms with Crippen LogP contribution in [0, 0.1) is 0 Å². The molecule has 4 aromatic rings. The molecule has 0 saturated carbocycles. The molecule has 0 bridgehead atoms. The van der Waals surface area contributed by atoms with Crippen molar-refractivity contribution in [3.63, 3.8) is 0 Å². The molecule has 2 atom stereocenters. The molecule has 0 saturated heterocycles. The molecule has 2 heterocycles. The molecule has 2 aliphatic heterocycles. The van der Waals surface area contributed by atoms with E-state index in [2.05, 4.69) is 25.2 Å². The van der Waals surface area contributed by atoms with Crippen molar-refractivity contribution in [2.75, 3.05) is 132 Å². The third kappa shape index (κ3) is 21.9. The molecule has 0 radical (unpaired) electrons. The standard InChI is InChI=1S/C57H77Cl4N5O12S2/c1-65-38-51(49-34-44(58)36-55(60)53(49)40-65)42-10-14-47(15-11-42)79(69,70)33-7-22-74-26-30-77-29-25-73-21-6-9-46(67)8-4-3-5-18-62-57(68)63-19-23-75-27-31-78-32-28-76-24-20-64-80(71,72)48-16-12-43(13-17-48)52-39-66(2)41-54-50(52)35-45(59)37-56(54)61/h10-17,34-37,51-52,64H,3-9,18-33,38-41H2,1-2H3,(H2,62,63,68)/t51-,52-/m0/s1. The third-order valence-electron chi connectivity index (χ3n) is 13.6. The Kier molecular flexibility index (Phi) is 28.2. The first kappa shape index (κ1) is 65.7. The number of fused-ring (bicyclic) bond motifs is 2. The van der Waals surface area contributed by atoms with E-state index < -0.39 is 19.9 Å². The number of hydrogen-bond acceptors (Lipinski definition) is 14. The summed E-state index contributed by atoms with van der Waals surface area (Å²) >= 11 is 25.7. The molecule has 2 aliphatic rings. The van der Waals surface area contributed by atoms with Crippen molar-refractivity contribution >= 4 is 78.1 Å². The van der Waals surface area contributed by atoms with Crippen LogP contribution in [-0.4, -0.2) is 170 Å². The highest BCUT2D eigenvalue weighted by molar-refractivity contribution is 7.91. The maximum Gasteiger partial charge on any atom is 0.314 e. The minimum absolute atomic E-state index is 0.00808. The second-order valence-corrected chi connectivity index (χ2v) is 25.5. The largest absolute Gasteiger partial charge is 0.379 e. The van der Waals surface area contributed by atoms with E-state index in [1.54, 1.807) is 36.4 Å². The van der Waals surface area contributed by atoms with Crippen LogP contribution in [0.3, 0.4) is 0 Å². The zero-order chi connectivity index (χ0) is 57.3. The zero-order valence-electron chi connectivity index (χ0n) is 45.8. The van der Waals surface area contributed by atoms with E-state index in [1.807, 2.05) is 50.5 Å². The molecule has 3 N–H and O–H groups in total. The minimum atomic E-state index is -3.73. The molecule has 17 nitrogen and oxygen atoms in total. The van der Waals surface area contributed by atoms with Gasteiger partial charge in [0, 0.05) is 104 Å². The molecule has 0 aromatic heterocycles. The SMILES string of the molecule is CN1Cc2c(Cl)cc(Cl)cc2[C@H](c2ccc(S(=O)(=O)CCCOCCOCCOCCCC(=O)CCCCCNC(=O)NCCOCCOCCOCCNS(=O)(=O)c3ccc([C@@H]4CN(C)Cc5c(Cl)cc(Cl)cc54)cc3)cc2)C1. The molecule has 6 rings (SSSR count). The van der Waals surface area contributed by atoms with Crippen LogP contribution in [0.15, 0.2) is 82.6 Å². The summed E-state index contributed by atoms with van der Waals surface area (Å²) in [7, 11) is -3.14. The monoisotopic (exact) mass is 1230 g/mol. The highest BCUT2D eigenvalue weighted by Crippen LogP contribution is 2.40. The Morgan fingerprint density at radius 3 is 1.48 bits per heavy atom. The van der Waals surface area contributed by atoms with Gasteiger partial charge in [-0.2, -0.15) is 0 Å². The van der Waals surface area contributed by atoms with Gasteiger partial charge in [-0.05, 0) is 122 Å². The summed E-state index contributed by atoms with van der Waals surface area (Å²) in [6.07, 6.45) is 4.30. The molecule has 442 valence electrons. The number of nitrogens with one attached hydrogen (secondary N) is 3. The number of nitrogens with zero attached hydrogens (tertiary/aromatic N) is 2. The van der Waals surface area contributed by atoms with E-state index in [0.29, 0.717) is 132 Å². The van der Waals surface area contributed by atoms with E-state index in [9.17, 15) is 26.4 Å². The van der Waals surface area contributed by atoms with E-state index >= 15 is 0 Å². The Hall–Kier alpha value is -3.48. The molecular weight excluding hydrogens is 1150 g/mol. The van der Waals surface area contributed by atoms with Gasteiger partial charge in [0.2, 0.25) is 10.0 Å². The fraction of sp³-hybridized carbons (Fsp3) is 0.544. The van der Waals surface area contributed by atoms with Gasteiger partial charge in [0.15, 0.2) is 9.84 Å². The summed E-state index contributed by atoms with van der Waals surface area (Å²) in [6.45, 7) is 8.00. The average Bonchev–Trinajstić information content (AvgIpc) is 3.44. The lowest BCUT2D eigenvalue weighted by atomic mass is 9.85. The van der Waals surface area contributed by atoms with E-state index in [4.69, 9.17) is 74.8 Å². The number of carbonyl (C=O) groups excluding carboxylic acids is 2. The Labute approximate surface area is 492 Å². The van der Waals surface area contributed by atoms with Crippen molar-refractivity contribution in [3.8, 4) is 0 Å². The minimum Gasteiger partial charge on any atom is -0.379 e. The van der Waals surface area contributed by atoms with Crippen LogP contribution in [0.25, 0.3) is 0 Å². The molecule has 0 unspecified atom stereocenters. The van der Waals surface area contributed by atoms with Crippen molar-refractivity contribution in [1.82, 2.24) is 25.2 Å². The first-order chi connectivity index (χ1) is 38.5. The Balaban J connectivity index is 0.657. The topological polar surface area (TPSA) is 200 Å². The third-order valence-corrected chi connectivity index (χ3v) is 18.0. The summed E-state index contributed by atoms with van der Waals surface area (Å²) in [5, 5.41) is 7.99. The number of carbonyl (C=O) groups is 2. The van der Waals surface area contributed by atoms with E-state index in [1.165, 1.54) is 0 Å². The van der Waals surface area contributed by atoms with Gasteiger partial charge in [0.25, 0.3) is 0 Å². The van der Waals surface area contributed by atoms with Crippen LogP contribution in [0.5, 0.6) is 0 Å². The number of hydrogen-bond donors (Lipinski definition) is 3. The van der Waals surface area contributed by atoms with Gasteiger partial charge in [0.05, 0.1) is 81.6 Å². The summed E-state index contributed by atoms with van der Waals surface area (Å²) in [5.74, 6) is 0.207. The number of likely N-dealkylation sites (N-methyl/N-ethyl adjacent to an activating group) is 2. The number of unbranched alkanes of at least 4 members (excludes halogenated alkanes) is 2. The summed E-state index contributed by atoms with van der Waals surface area (Å²) in [4.78, 5) is 29.2. The van der Waals surface area contributed by atoms with Crippen molar-refractivity contribution in [1.29, 1.82) is 0 Å². The molecule has 0 spiro atoms. The fourth-order valence-corrected chi connectivity index (χ4v) is 13.0. The first-order valence-corrected chi connectivity index (χ1v) is 31.9. The molecule has 23 heteroatoms. The lowest BCUT2D eigenvalue weighted by molar-refractivity contribution is -0.119. The normalized spacial score (nSPS) is 15.9. The predicted octanol–water partition coefficient (Wildman–Crippen LogP) is 8.91. The Morgan fingerprint density at radius 1 is 0.512 bits per heavy atom. The van der Waals surface area contributed by atoms with Crippen molar-refractivity contribution < 1.29 is 54.8 Å². The highest BCUT2D eigenvalue weighted by atomic mass is 35.5. The van der Waals surface area contributed by atoms with Gasteiger partial charge < -0.3 is 48.9 Å². The average molecular weight is 1230 g/mol. The van der Waals surface area contributed by atoms with Crippen LogP contribution in [0.1, 0.15) is 90.2 Å². The lowest BCUT2D eigenvalue weighted by Gasteiger charge is -2.33. The highest BCUT2D eigenvalue weighted by Gasteiger charge is 2.29. The fourth-order valence-electron chi connectivity index (χ4n) is 9.55. The van der Waals surface area contributed by atoms with Crippen molar-refractivity contribution in [2.45, 2.75) is 79.7 Å². The predicted molar refractivity (Wildman–Crippen MR) is 313 cm³/mol. The number of ketones is 1. The molecule has 4 aromatic carbocycles. The lowest BCUT2D eigenvalue weighted by Crippen LogP contribution is -2.37. The quantitative estimate of drug-likeness (QED) is 0.0362. The number of halogens is 4. The zero-order valence-corrected chi connectivity index (χ0v) is 50.5. The maximum absolute atomic E-state index is 13.0. The summed E-state index contributed by atoms with van der Waals surface area (Å²) < 4.78 is 87.8. The number of rotatable bonds is 37. The van der Waals surface area contributed by atoms with Gasteiger partial charge >= 0.3 is 6.03 Å². The Bertz CT molecular complexity index is 2610. The van der Waals surface area contributed by atoms with Gasteiger partial charge in [-0.15, -0.1) is 0 Å². The van der Waals surface area contributed by atoms with Gasteiger partial charge in [-0.1, -0.05) is 77.1 Å².